The van der Waals surface area contributed by atoms with Gasteiger partial charge >= 0.3 is 0 Å². The Hall–Kier alpha value is -2.75. The molecule has 4 rings (SSSR count). The number of ether oxygens (including phenoxy) is 1. The van der Waals surface area contributed by atoms with E-state index in [1.807, 2.05) is 30.3 Å². The number of nitrogens with zero attached hydrogens (tertiary/aromatic N) is 1. The van der Waals surface area contributed by atoms with Gasteiger partial charge in [-0.2, -0.15) is 5.26 Å². The van der Waals surface area contributed by atoms with Crippen LogP contribution in [0.3, 0.4) is 0 Å². The Kier molecular flexibility index (Phi) is 6.08. The number of benzene rings is 2. The van der Waals surface area contributed by atoms with E-state index < -0.39 is 17.3 Å². The molecule has 2 aromatic rings. The highest BCUT2D eigenvalue weighted by atomic mass is 19.1. The molecule has 2 aliphatic rings. The van der Waals surface area contributed by atoms with Gasteiger partial charge in [0.2, 0.25) is 0 Å². The van der Waals surface area contributed by atoms with Gasteiger partial charge in [-0.15, -0.1) is 0 Å². The molecule has 5 nitrogen and oxygen atoms in total. The number of hydrogen-bond donors (Lipinski definition) is 2. The molecule has 1 saturated heterocycles. The molecule has 0 spiro atoms. The van der Waals surface area contributed by atoms with E-state index in [2.05, 4.69) is 5.32 Å². The van der Waals surface area contributed by atoms with Crippen molar-refractivity contribution in [2.45, 2.75) is 31.3 Å². The van der Waals surface area contributed by atoms with Gasteiger partial charge in [0.15, 0.2) is 0 Å². The van der Waals surface area contributed by atoms with Crippen LogP contribution in [0.2, 0.25) is 0 Å². The van der Waals surface area contributed by atoms with Gasteiger partial charge in [-0.05, 0) is 48.6 Å². The average molecular weight is 423 g/mol. The standard InChI is InChI=1S/C25H27FN2O3/c1-31-24-8-3-2-6-20(24)25(30)13-17(11-18-14-28-15-21(18)25)23(29)12-19-16(9-10-27)5-4-7-22(19)26/h2-8,17-18,21,28,30H,9,11-15H2,1H3/t17-,18-,21+,25+/m0/s1. The number of para-hydroxylation sites is 1. The lowest BCUT2D eigenvalue weighted by atomic mass is 9.62. The molecule has 6 heteroatoms. The maximum Gasteiger partial charge on any atom is 0.140 e. The van der Waals surface area contributed by atoms with Gasteiger partial charge in [-0.3, -0.25) is 4.79 Å². The number of ketones is 1. The van der Waals surface area contributed by atoms with Crippen molar-refractivity contribution in [2.75, 3.05) is 20.2 Å². The Bertz CT molecular complexity index is 1020. The molecular formula is C25H27FN2O3. The van der Waals surface area contributed by atoms with Crippen LogP contribution in [-0.2, 0) is 23.2 Å². The number of rotatable bonds is 6. The van der Waals surface area contributed by atoms with Crippen molar-refractivity contribution < 1.29 is 19.0 Å². The quantitative estimate of drug-likeness (QED) is 0.747. The lowest BCUT2D eigenvalue weighted by molar-refractivity contribution is -0.134. The fourth-order valence-corrected chi connectivity index (χ4v) is 5.44. The zero-order chi connectivity index (χ0) is 22.0. The Labute approximate surface area is 181 Å². The van der Waals surface area contributed by atoms with Crippen LogP contribution in [0.25, 0.3) is 0 Å². The van der Waals surface area contributed by atoms with Crippen LogP contribution in [0.5, 0.6) is 5.75 Å². The summed E-state index contributed by atoms with van der Waals surface area (Å²) in [5.41, 5.74) is 0.336. The summed E-state index contributed by atoms with van der Waals surface area (Å²) in [4.78, 5) is 13.3. The van der Waals surface area contributed by atoms with E-state index in [-0.39, 0.29) is 36.9 Å². The van der Waals surface area contributed by atoms with Gasteiger partial charge < -0.3 is 15.2 Å². The third-order valence-corrected chi connectivity index (χ3v) is 6.96. The predicted molar refractivity (Wildman–Crippen MR) is 114 cm³/mol. The van der Waals surface area contributed by atoms with E-state index >= 15 is 0 Å². The maximum absolute atomic E-state index is 14.5. The van der Waals surface area contributed by atoms with Crippen LogP contribution >= 0.6 is 0 Å². The summed E-state index contributed by atoms with van der Waals surface area (Å²) in [5, 5.41) is 24.3. The second-order valence-electron chi connectivity index (χ2n) is 8.64. The summed E-state index contributed by atoms with van der Waals surface area (Å²) in [7, 11) is 1.58. The molecule has 2 N–H and O–H groups in total. The van der Waals surface area contributed by atoms with E-state index in [0.29, 0.717) is 35.4 Å². The molecule has 0 radical (unpaired) electrons. The smallest absolute Gasteiger partial charge is 0.140 e. The average Bonchev–Trinajstić information content (AvgIpc) is 3.26. The van der Waals surface area contributed by atoms with Crippen molar-refractivity contribution >= 4 is 5.78 Å². The van der Waals surface area contributed by atoms with Crippen LogP contribution in [0.4, 0.5) is 4.39 Å². The van der Waals surface area contributed by atoms with Gasteiger partial charge in [-0.25, -0.2) is 4.39 Å². The Morgan fingerprint density at radius 3 is 2.87 bits per heavy atom. The van der Waals surface area contributed by atoms with Crippen LogP contribution < -0.4 is 10.1 Å². The van der Waals surface area contributed by atoms with Gasteiger partial charge in [0.25, 0.3) is 0 Å². The topological polar surface area (TPSA) is 82.3 Å². The Morgan fingerprint density at radius 2 is 2.10 bits per heavy atom. The first-order valence-electron chi connectivity index (χ1n) is 10.7. The number of nitriles is 1. The molecule has 1 aliphatic heterocycles. The molecule has 1 heterocycles. The minimum atomic E-state index is -1.20. The van der Waals surface area contributed by atoms with E-state index in [4.69, 9.17) is 10.00 Å². The zero-order valence-corrected chi connectivity index (χ0v) is 17.6. The largest absolute Gasteiger partial charge is 0.496 e. The summed E-state index contributed by atoms with van der Waals surface area (Å²) in [6.45, 7) is 1.42. The molecule has 0 amide bonds. The van der Waals surface area contributed by atoms with Crippen molar-refractivity contribution in [3.63, 3.8) is 0 Å². The monoisotopic (exact) mass is 422 g/mol. The first-order chi connectivity index (χ1) is 15.0. The highest BCUT2D eigenvalue weighted by Gasteiger charge is 2.52. The zero-order valence-electron chi connectivity index (χ0n) is 17.6. The number of halogens is 1. The number of fused-ring (bicyclic) bond motifs is 1. The van der Waals surface area contributed by atoms with E-state index in [9.17, 15) is 14.3 Å². The number of carbonyl (C=O) groups excluding carboxylic acids is 1. The van der Waals surface area contributed by atoms with Crippen LogP contribution in [0, 0.1) is 34.9 Å². The summed E-state index contributed by atoms with van der Waals surface area (Å²) < 4.78 is 20.0. The van der Waals surface area contributed by atoms with Crippen LogP contribution in [0.15, 0.2) is 42.5 Å². The number of hydrogen-bond acceptors (Lipinski definition) is 5. The summed E-state index contributed by atoms with van der Waals surface area (Å²) in [6.07, 6.45) is 0.930. The molecule has 2 fully saturated rings. The highest BCUT2D eigenvalue weighted by Crippen LogP contribution is 2.51. The summed E-state index contributed by atoms with van der Waals surface area (Å²) in [6, 6.07) is 14.0. The van der Waals surface area contributed by atoms with Gasteiger partial charge in [0, 0.05) is 30.4 Å². The second kappa shape index (κ2) is 8.78. The Balaban J connectivity index is 1.65. The minimum absolute atomic E-state index is 0.0181. The summed E-state index contributed by atoms with van der Waals surface area (Å²) >= 11 is 0. The van der Waals surface area contributed by atoms with Crippen molar-refractivity contribution in [3.8, 4) is 11.8 Å². The molecule has 31 heavy (non-hydrogen) atoms. The highest BCUT2D eigenvalue weighted by molar-refractivity contribution is 5.84. The van der Waals surface area contributed by atoms with E-state index in [0.717, 1.165) is 6.54 Å². The number of aliphatic hydroxyl groups is 1. The lowest BCUT2D eigenvalue weighted by Gasteiger charge is -2.45. The number of methoxy groups -OCH3 is 1. The van der Waals surface area contributed by atoms with E-state index in [1.165, 1.54) is 6.07 Å². The van der Waals surface area contributed by atoms with Crippen molar-refractivity contribution in [3.05, 3.63) is 65.0 Å². The molecule has 0 aromatic heterocycles. The first kappa shape index (κ1) is 21.5. The normalized spacial score (nSPS) is 27.4. The Morgan fingerprint density at radius 1 is 1.29 bits per heavy atom. The number of carbonyl (C=O) groups is 1. The number of nitrogens with one attached hydrogen (secondary N) is 1. The van der Waals surface area contributed by atoms with Crippen molar-refractivity contribution in [2.24, 2.45) is 17.8 Å². The van der Waals surface area contributed by atoms with Gasteiger partial charge in [0.05, 0.1) is 25.2 Å². The number of Topliss-reactive ketones (excluding diaryl/α,β-unsaturated/α-hetero) is 1. The first-order valence-corrected chi connectivity index (χ1v) is 10.7. The maximum atomic E-state index is 14.5. The predicted octanol–water partition coefficient (Wildman–Crippen LogP) is 3.15. The van der Waals surface area contributed by atoms with Gasteiger partial charge in [0.1, 0.15) is 17.3 Å². The molecule has 1 aliphatic carbocycles. The lowest BCUT2D eigenvalue weighted by Crippen LogP contribution is -2.47. The molecule has 0 bridgehead atoms. The fourth-order valence-electron chi connectivity index (χ4n) is 5.44. The molecule has 2 aromatic carbocycles. The molecule has 162 valence electrons. The second-order valence-corrected chi connectivity index (χ2v) is 8.64. The molecular weight excluding hydrogens is 395 g/mol. The van der Waals surface area contributed by atoms with Crippen molar-refractivity contribution in [1.82, 2.24) is 5.32 Å². The summed E-state index contributed by atoms with van der Waals surface area (Å²) in [5.74, 6) is -0.215. The minimum Gasteiger partial charge on any atom is -0.496 e. The SMILES string of the molecule is COc1ccccc1[C@]1(O)C[C@@H](C(=O)Cc2c(F)cccc2CC#N)C[C@H]2CNC[C@H]21. The third kappa shape index (κ3) is 3.96. The fraction of sp³-hybridized carbons (Fsp3) is 0.440. The van der Waals surface area contributed by atoms with E-state index in [1.54, 1.807) is 19.2 Å². The van der Waals surface area contributed by atoms with Crippen LogP contribution in [0.1, 0.15) is 29.5 Å². The van der Waals surface area contributed by atoms with Crippen molar-refractivity contribution in [1.29, 1.82) is 5.26 Å². The molecule has 4 atom stereocenters. The van der Waals surface area contributed by atoms with Gasteiger partial charge in [-0.1, -0.05) is 30.3 Å². The molecule has 0 unspecified atom stereocenters. The third-order valence-electron chi connectivity index (χ3n) is 6.96. The molecule has 1 saturated carbocycles. The van der Waals surface area contributed by atoms with Crippen LogP contribution in [-0.4, -0.2) is 31.1 Å².